The number of hydrogen-bond acceptors (Lipinski definition) is 3. The van der Waals surface area contributed by atoms with E-state index < -0.39 is 0 Å². The number of likely N-dealkylation sites (tertiary alicyclic amines) is 1. The summed E-state index contributed by atoms with van der Waals surface area (Å²) in [4.78, 5) is 29.5. The van der Waals surface area contributed by atoms with E-state index in [1.165, 1.54) is 6.42 Å². The number of hydrogen-bond donors (Lipinski definition) is 1. The van der Waals surface area contributed by atoms with Crippen LogP contribution < -0.4 is 5.32 Å². The topological polar surface area (TPSA) is 52.7 Å². The molecule has 0 unspecified atom stereocenters. The van der Waals surface area contributed by atoms with Crippen LogP contribution in [0.3, 0.4) is 0 Å². The van der Waals surface area contributed by atoms with Gasteiger partial charge in [0.1, 0.15) is 6.54 Å². The predicted octanol–water partition coefficient (Wildman–Crippen LogP) is 3.60. The largest absolute Gasteiger partial charge is 0.330 e. The lowest BCUT2D eigenvalue weighted by molar-refractivity contribution is -0.138. The van der Waals surface area contributed by atoms with Crippen LogP contribution >= 0.6 is 0 Å². The van der Waals surface area contributed by atoms with Gasteiger partial charge in [0.05, 0.1) is 6.54 Å². The molecule has 0 aromatic heterocycles. The molecule has 5 nitrogen and oxygen atoms in total. The fourth-order valence-corrected chi connectivity index (χ4v) is 3.65. The summed E-state index contributed by atoms with van der Waals surface area (Å²) in [5.74, 6) is 0.551. The van der Waals surface area contributed by atoms with E-state index in [1.807, 2.05) is 39.0 Å². The van der Waals surface area contributed by atoms with E-state index in [0.717, 1.165) is 42.7 Å². The van der Waals surface area contributed by atoms with E-state index in [0.29, 0.717) is 12.5 Å². The monoisotopic (exact) mass is 373 g/mol. The Morgan fingerprint density at radius 2 is 2.07 bits per heavy atom. The fourth-order valence-electron chi connectivity index (χ4n) is 3.65. The van der Waals surface area contributed by atoms with Gasteiger partial charge in [-0.15, -0.1) is 0 Å². The molecule has 1 aliphatic heterocycles. The number of piperidine rings is 1. The molecule has 0 saturated carbocycles. The third kappa shape index (κ3) is 6.06. The first kappa shape index (κ1) is 21.4. The SMILES string of the molecule is CC[C@H](C)N(CC(=O)Nc1cccc(C)c1C)C(=O)CN1CCC[C@H](C)C1. The van der Waals surface area contributed by atoms with E-state index >= 15 is 0 Å². The quantitative estimate of drug-likeness (QED) is 0.794. The van der Waals surface area contributed by atoms with Gasteiger partial charge in [0.25, 0.3) is 0 Å². The maximum Gasteiger partial charge on any atom is 0.244 e. The first-order chi connectivity index (χ1) is 12.8. The van der Waals surface area contributed by atoms with E-state index in [1.54, 1.807) is 4.90 Å². The molecule has 1 aliphatic rings. The minimum absolute atomic E-state index is 0.0454. The highest BCUT2D eigenvalue weighted by molar-refractivity contribution is 5.95. The average molecular weight is 374 g/mol. The fraction of sp³-hybridized carbons (Fsp3) is 0.636. The second-order valence-electron chi connectivity index (χ2n) is 8.06. The standard InChI is InChI=1S/C22H35N3O2/c1-6-18(4)25(22(27)15-24-12-8-9-16(2)13-24)14-21(26)23-20-11-7-10-17(3)19(20)5/h7,10-11,16,18H,6,8-9,12-15H2,1-5H3,(H,23,26)/t16-,18-/m0/s1. The first-order valence-corrected chi connectivity index (χ1v) is 10.2. The van der Waals surface area contributed by atoms with Crippen LogP contribution in [0.15, 0.2) is 18.2 Å². The zero-order valence-electron chi connectivity index (χ0n) is 17.5. The Bertz CT molecular complexity index is 659. The van der Waals surface area contributed by atoms with Crippen LogP contribution in [0.25, 0.3) is 0 Å². The molecule has 1 N–H and O–H groups in total. The first-order valence-electron chi connectivity index (χ1n) is 10.2. The summed E-state index contributed by atoms with van der Waals surface area (Å²) >= 11 is 0. The summed E-state index contributed by atoms with van der Waals surface area (Å²) in [5, 5.41) is 2.98. The van der Waals surface area contributed by atoms with Crippen LogP contribution in [0.4, 0.5) is 5.69 Å². The average Bonchev–Trinajstić information content (AvgIpc) is 2.63. The van der Waals surface area contributed by atoms with Gasteiger partial charge in [0.15, 0.2) is 0 Å². The molecule has 5 heteroatoms. The Kier molecular flexibility index (Phi) is 7.84. The zero-order chi connectivity index (χ0) is 20.0. The van der Waals surface area contributed by atoms with Crippen molar-refractivity contribution in [2.24, 2.45) is 5.92 Å². The number of amides is 2. The zero-order valence-corrected chi connectivity index (χ0v) is 17.5. The lowest BCUT2D eigenvalue weighted by atomic mass is 10.0. The Hall–Kier alpha value is -1.88. The van der Waals surface area contributed by atoms with E-state index in [4.69, 9.17) is 0 Å². The van der Waals surface area contributed by atoms with Crippen molar-refractivity contribution in [1.82, 2.24) is 9.80 Å². The summed E-state index contributed by atoms with van der Waals surface area (Å²) < 4.78 is 0. The van der Waals surface area contributed by atoms with Gasteiger partial charge in [-0.2, -0.15) is 0 Å². The molecule has 27 heavy (non-hydrogen) atoms. The van der Waals surface area contributed by atoms with Crippen molar-refractivity contribution in [2.45, 2.75) is 59.9 Å². The Labute approximate surface area is 164 Å². The normalized spacial score (nSPS) is 18.8. The second-order valence-corrected chi connectivity index (χ2v) is 8.06. The van der Waals surface area contributed by atoms with E-state index in [2.05, 4.69) is 24.1 Å². The van der Waals surface area contributed by atoms with Crippen molar-refractivity contribution in [3.63, 3.8) is 0 Å². The molecule has 150 valence electrons. The van der Waals surface area contributed by atoms with Crippen molar-refractivity contribution in [2.75, 3.05) is 31.5 Å². The lowest BCUT2D eigenvalue weighted by Gasteiger charge is -2.34. The molecule has 2 atom stereocenters. The third-order valence-corrected chi connectivity index (χ3v) is 5.74. The summed E-state index contributed by atoms with van der Waals surface area (Å²) in [6.07, 6.45) is 3.21. The van der Waals surface area contributed by atoms with Gasteiger partial charge in [-0.1, -0.05) is 26.0 Å². The Morgan fingerprint density at radius 3 is 2.74 bits per heavy atom. The number of carbonyl (C=O) groups is 2. The minimum atomic E-state index is -0.135. The van der Waals surface area contributed by atoms with Crippen LogP contribution in [0.5, 0.6) is 0 Å². The molecule has 0 radical (unpaired) electrons. The van der Waals surface area contributed by atoms with E-state index in [-0.39, 0.29) is 24.4 Å². The van der Waals surface area contributed by atoms with Gasteiger partial charge in [0, 0.05) is 18.3 Å². The Morgan fingerprint density at radius 1 is 1.33 bits per heavy atom. The number of aryl methyl sites for hydroxylation is 1. The van der Waals surface area contributed by atoms with Crippen LogP contribution in [-0.4, -0.2) is 53.8 Å². The number of anilines is 1. The van der Waals surface area contributed by atoms with Crippen molar-refractivity contribution < 1.29 is 9.59 Å². The predicted molar refractivity (Wildman–Crippen MR) is 111 cm³/mol. The summed E-state index contributed by atoms with van der Waals surface area (Å²) in [6.45, 7) is 12.8. The number of nitrogens with one attached hydrogen (secondary N) is 1. The summed E-state index contributed by atoms with van der Waals surface area (Å²) in [6, 6.07) is 5.92. The number of rotatable bonds is 7. The third-order valence-electron chi connectivity index (χ3n) is 5.74. The molecule has 0 bridgehead atoms. The molecule has 1 aromatic rings. The lowest BCUT2D eigenvalue weighted by Crippen LogP contribution is -2.49. The van der Waals surface area contributed by atoms with Crippen molar-refractivity contribution in [1.29, 1.82) is 0 Å². The Balaban J connectivity index is 2.01. The molecule has 0 aliphatic carbocycles. The van der Waals surface area contributed by atoms with Gasteiger partial charge < -0.3 is 10.2 Å². The molecule has 1 heterocycles. The van der Waals surface area contributed by atoms with Crippen LogP contribution in [0.2, 0.25) is 0 Å². The molecular weight excluding hydrogens is 338 g/mol. The maximum absolute atomic E-state index is 12.9. The molecule has 1 fully saturated rings. The number of carbonyl (C=O) groups excluding carboxylic acids is 2. The molecule has 0 spiro atoms. The van der Waals surface area contributed by atoms with Gasteiger partial charge in [-0.3, -0.25) is 14.5 Å². The molecule has 1 saturated heterocycles. The highest BCUT2D eigenvalue weighted by Crippen LogP contribution is 2.19. The van der Waals surface area contributed by atoms with E-state index in [9.17, 15) is 9.59 Å². The van der Waals surface area contributed by atoms with Crippen molar-refractivity contribution in [3.05, 3.63) is 29.3 Å². The van der Waals surface area contributed by atoms with Crippen LogP contribution in [0, 0.1) is 19.8 Å². The summed E-state index contributed by atoms with van der Waals surface area (Å²) in [7, 11) is 0. The second kappa shape index (κ2) is 9.88. The van der Waals surface area contributed by atoms with Crippen molar-refractivity contribution in [3.8, 4) is 0 Å². The van der Waals surface area contributed by atoms with Gasteiger partial charge in [-0.25, -0.2) is 0 Å². The molecule has 1 aromatic carbocycles. The maximum atomic E-state index is 12.9. The number of nitrogens with zero attached hydrogens (tertiary/aromatic N) is 2. The van der Waals surface area contributed by atoms with Crippen LogP contribution in [-0.2, 0) is 9.59 Å². The molecule has 2 rings (SSSR count). The highest BCUT2D eigenvalue weighted by atomic mass is 16.2. The van der Waals surface area contributed by atoms with Crippen LogP contribution in [0.1, 0.15) is 51.2 Å². The van der Waals surface area contributed by atoms with Crippen molar-refractivity contribution >= 4 is 17.5 Å². The highest BCUT2D eigenvalue weighted by Gasteiger charge is 2.25. The minimum Gasteiger partial charge on any atom is -0.330 e. The summed E-state index contributed by atoms with van der Waals surface area (Å²) in [5.41, 5.74) is 3.03. The molecular formula is C22H35N3O2. The number of benzene rings is 1. The van der Waals surface area contributed by atoms with Gasteiger partial charge >= 0.3 is 0 Å². The van der Waals surface area contributed by atoms with Gasteiger partial charge in [-0.05, 0) is 69.7 Å². The smallest absolute Gasteiger partial charge is 0.244 e. The molecule has 2 amide bonds. The van der Waals surface area contributed by atoms with Gasteiger partial charge in [0.2, 0.25) is 11.8 Å².